The van der Waals surface area contributed by atoms with Crippen LogP contribution in [0.2, 0.25) is 0 Å². The number of aromatic nitrogens is 4. The standard InChI is InChI=1S/C21H24N8O5/c1-2-29(10-12-9-24-18-16(25-12)17(22)27-21(23)28-18)13-5-3-11(4-6-13)19(32)26-14(20(33)34)7-8-15(30)31/h3-6,9,14H,2,7-8,10H2,1H3,(H,26,32)(H,30,31)(H,33,34)(H4,22,23,24,27,28)/t14-/m0/s1. The van der Waals surface area contributed by atoms with E-state index in [1.807, 2.05) is 11.8 Å². The number of nitrogen functional groups attached to an aromatic ring is 2. The van der Waals surface area contributed by atoms with E-state index in [9.17, 15) is 19.5 Å². The molecule has 0 spiro atoms. The summed E-state index contributed by atoms with van der Waals surface area (Å²) in [5.74, 6) is -2.89. The Hall–Kier alpha value is -4.55. The monoisotopic (exact) mass is 468 g/mol. The van der Waals surface area contributed by atoms with Gasteiger partial charge in [0.2, 0.25) is 5.95 Å². The quantitative estimate of drug-likeness (QED) is 0.278. The number of benzene rings is 1. The van der Waals surface area contributed by atoms with Gasteiger partial charge in [0.1, 0.15) is 6.04 Å². The normalized spacial score (nSPS) is 11.7. The molecule has 0 aliphatic rings. The summed E-state index contributed by atoms with van der Waals surface area (Å²) in [6.45, 7) is 2.97. The molecule has 7 N–H and O–H groups in total. The predicted octanol–water partition coefficient (Wildman–Crippen LogP) is 0.659. The lowest BCUT2D eigenvalue weighted by Gasteiger charge is -2.23. The van der Waals surface area contributed by atoms with Crippen LogP contribution in [0.4, 0.5) is 17.5 Å². The number of hydrogen-bond donors (Lipinski definition) is 5. The van der Waals surface area contributed by atoms with Crippen LogP contribution < -0.4 is 21.7 Å². The van der Waals surface area contributed by atoms with Crippen molar-refractivity contribution in [2.24, 2.45) is 0 Å². The van der Waals surface area contributed by atoms with Gasteiger partial charge in [-0.2, -0.15) is 9.97 Å². The minimum Gasteiger partial charge on any atom is -0.481 e. The van der Waals surface area contributed by atoms with Gasteiger partial charge in [0, 0.05) is 24.2 Å². The van der Waals surface area contributed by atoms with E-state index in [1.54, 1.807) is 30.5 Å². The Balaban J connectivity index is 1.72. The Kier molecular flexibility index (Phi) is 7.36. The molecule has 13 nitrogen and oxygen atoms in total. The van der Waals surface area contributed by atoms with Gasteiger partial charge in [-0.3, -0.25) is 9.59 Å². The Morgan fingerprint density at radius 1 is 1.09 bits per heavy atom. The first-order valence-electron chi connectivity index (χ1n) is 10.3. The molecule has 0 unspecified atom stereocenters. The van der Waals surface area contributed by atoms with Crippen molar-refractivity contribution in [2.75, 3.05) is 22.9 Å². The van der Waals surface area contributed by atoms with E-state index in [4.69, 9.17) is 16.6 Å². The highest BCUT2D eigenvalue weighted by atomic mass is 16.4. The first-order chi connectivity index (χ1) is 16.2. The first kappa shape index (κ1) is 24.1. The second-order valence-electron chi connectivity index (χ2n) is 7.36. The molecule has 178 valence electrons. The minimum atomic E-state index is -1.30. The average Bonchev–Trinajstić information content (AvgIpc) is 2.80. The van der Waals surface area contributed by atoms with Crippen molar-refractivity contribution < 1.29 is 24.6 Å². The topological polar surface area (TPSA) is 211 Å². The first-order valence-corrected chi connectivity index (χ1v) is 10.3. The molecule has 34 heavy (non-hydrogen) atoms. The molecule has 0 bridgehead atoms. The highest BCUT2D eigenvalue weighted by Gasteiger charge is 2.22. The van der Waals surface area contributed by atoms with E-state index in [1.165, 1.54) is 0 Å². The largest absolute Gasteiger partial charge is 0.481 e. The fourth-order valence-corrected chi connectivity index (χ4v) is 3.23. The molecule has 1 atom stereocenters. The van der Waals surface area contributed by atoms with Gasteiger partial charge in [-0.1, -0.05) is 0 Å². The van der Waals surface area contributed by atoms with Crippen LogP contribution in [-0.4, -0.2) is 60.6 Å². The number of rotatable bonds is 10. The predicted molar refractivity (Wildman–Crippen MR) is 123 cm³/mol. The van der Waals surface area contributed by atoms with Gasteiger partial charge in [-0.15, -0.1) is 0 Å². The van der Waals surface area contributed by atoms with Gasteiger partial charge in [0.05, 0.1) is 18.4 Å². The second-order valence-corrected chi connectivity index (χ2v) is 7.36. The molecular formula is C21H24N8O5. The van der Waals surface area contributed by atoms with Gasteiger partial charge < -0.3 is 31.9 Å². The number of fused-ring (bicyclic) bond motifs is 1. The molecule has 0 aliphatic carbocycles. The molecule has 2 heterocycles. The third-order valence-corrected chi connectivity index (χ3v) is 4.98. The number of carbonyl (C=O) groups is 3. The zero-order valence-corrected chi connectivity index (χ0v) is 18.3. The highest BCUT2D eigenvalue weighted by Crippen LogP contribution is 2.20. The maximum absolute atomic E-state index is 12.4. The van der Waals surface area contributed by atoms with Crippen molar-refractivity contribution >= 4 is 46.5 Å². The van der Waals surface area contributed by atoms with Gasteiger partial charge in [-0.05, 0) is 37.6 Å². The molecule has 3 aromatic rings. The van der Waals surface area contributed by atoms with E-state index < -0.39 is 23.9 Å². The van der Waals surface area contributed by atoms with E-state index in [0.29, 0.717) is 29.9 Å². The number of nitrogens with zero attached hydrogens (tertiary/aromatic N) is 5. The zero-order chi connectivity index (χ0) is 24.8. The molecule has 0 aliphatic heterocycles. The molecule has 1 aromatic carbocycles. The Labute approximate surface area is 193 Å². The lowest BCUT2D eigenvalue weighted by Crippen LogP contribution is -2.41. The van der Waals surface area contributed by atoms with Crippen LogP contribution >= 0.6 is 0 Å². The van der Waals surface area contributed by atoms with Crippen LogP contribution in [0.1, 0.15) is 35.8 Å². The van der Waals surface area contributed by atoms with Crippen LogP contribution in [0.5, 0.6) is 0 Å². The summed E-state index contributed by atoms with van der Waals surface area (Å²) < 4.78 is 0. The SMILES string of the molecule is CCN(Cc1cnc2nc(N)nc(N)c2n1)c1ccc(C(=O)N[C@@H](CCC(=O)O)C(=O)O)cc1. The summed E-state index contributed by atoms with van der Waals surface area (Å²) in [5.41, 5.74) is 13.8. The van der Waals surface area contributed by atoms with E-state index >= 15 is 0 Å². The van der Waals surface area contributed by atoms with Crippen LogP contribution in [-0.2, 0) is 16.1 Å². The summed E-state index contributed by atoms with van der Waals surface area (Å²) >= 11 is 0. The van der Waals surface area contributed by atoms with Gasteiger partial charge in [-0.25, -0.2) is 14.8 Å². The summed E-state index contributed by atoms with van der Waals surface area (Å²) in [4.78, 5) is 53.1. The Morgan fingerprint density at radius 2 is 1.79 bits per heavy atom. The van der Waals surface area contributed by atoms with Crippen molar-refractivity contribution in [1.82, 2.24) is 25.3 Å². The molecule has 0 saturated heterocycles. The second kappa shape index (κ2) is 10.4. The van der Waals surface area contributed by atoms with Crippen LogP contribution in [0.25, 0.3) is 11.2 Å². The molecule has 13 heteroatoms. The van der Waals surface area contributed by atoms with Crippen LogP contribution in [0.15, 0.2) is 30.5 Å². The zero-order valence-electron chi connectivity index (χ0n) is 18.3. The van der Waals surface area contributed by atoms with Gasteiger partial charge in [0.25, 0.3) is 5.91 Å². The number of nitrogens with one attached hydrogen (secondary N) is 1. The molecule has 0 saturated carbocycles. The number of aliphatic carboxylic acids is 2. The van der Waals surface area contributed by atoms with E-state index in [0.717, 1.165) is 5.69 Å². The summed E-state index contributed by atoms with van der Waals surface area (Å²) in [6.07, 6.45) is 0.985. The van der Waals surface area contributed by atoms with Crippen LogP contribution in [0.3, 0.4) is 0 Å². The number of hydrogen-bond acceptors (Lipinski definition) is 10. The lowest BCUT2D eigenvalue weighted by atomic mass is 10.1. The molecular weight excluding hydrogens is 444 g/mol. The van der Waals surface area contributed by atoms with Gasteiger partial charge >= 0.3 is 11.9 Å². The van der Waals surface area contributed by atoms with E-state index in [2.05, 4.69) is 25.3 Å². The van der Waals surface area contributed by atoms with Gasteiger partial charge in [0.15, 0.2) is 17.0 Å². The average molecular weight is 468 g/mol. The summed E-state index contributed by atoms with van der Waals surface area (Å²) in [5, 5.41) is 20.3. The molecule has 0 radical (unpaired) electrons. The lowest BCUT2D eigenvalue weighted by molar-refractivity contribution is -0.140. The molecule has 3 rings (SSSR count). The smallest absolute Gasteiger partial charge is 0.326 e. The fraction of sp³-hybridized carbons (Fsp3) is 0.286. The Morgan fingerprint density at radius 3 is 2.41 bits per heavy atom. The van der Waals surface area contributed by atoms with Crippen molar-refractivity contribution in [3.05, 3.63) is 41.7 Å². The number of carbonyl (C=O) groups excluding carboxylic acids is 1. The fourth-order valence-electron chi connectivity index (χ4n) is 3.23. The van der Waals surface area contributed by atoms with E-state index in [-0.39, 0.29) is 30.2 Å². The summed E-state index contributed by atoms with van der Waals surface area (Å²) in [7, 11) is 0. The van der Waals surface area contributed by atoms with Crippen molar-refractivity contribution in [1.29, 1.82) is 0 Å². The third-order valence-electron chi connectivity index (χ3n) is 4.98. The third kappa shape index (κ3) is 5.82. The Bertz CT molecular complexity index is 1220. The molecule has 2 aromatic heterocycles. The number of anilines is 3. The molecule has 1 amide bonds. The highest BCUT2D eigenvalue weighted by molar-refractivity contribution is 5.97. The minimum absolute atomic E-state index is 0.0166. The number of carboxylic acids is 2. The number of amides is 1. The van der Waals surface area contributed by atoms with Crippen molar-refractivity contribution in [3.63, 3.8) is 0 Å². The maximum atomic E-state index is 12.4. The number of nitrogens with two attached hydrogens (primary N) is 2. The van der Waals surface area contributed by atoms with Crippen molar-refractivity contribution in [2.45, 2.75) is 32.4 Å². The number of carboxylic acid groups (broad SMARTS) is 2. The molecule has 0 fully saturated rings. The summed E-state index contributed by atoms with van der Waals surface area (Å²) in [6, 6.07) is 5.26. The van der Waals surface area contributed by atoms with Crippen molar-refractivity contribution in [3.8, 4) is 0 Å². The van der Waals surface area contributed by atoms with Crippen LogP contribution in [0, 0.1) is 0 Å². The maximum Gasteiger partial charge on any atom is 0.326 e.